The standard InChI is InChI=1S/C13H18ClNO/c1-2-10-5-6-15(8-10)13-4-3-11(9-16)7-12(13)14/h3-4,7,10,16H,2,5-6,8-9H2,1H3. The Hall–Kier alpha value is -0.730. The molecule has 2 rings (SSSR count). The first-order chi connectivity index (χ1) is 7.74. The van der Waals surface area contributed by atoms with E-state index in [1.807, 2.05) is 18.2 Å². The molecule has 88 valence electrons. The molecule has 1 aliphatic heterocycles. The van der Waals surface area contributed by atoms with Crippen LogP contribution in [0.4, 0.5) is 5.69 Å². The largest absolute Gasteiger partial charge is 0.392 e. The molecule has 0 amide bonds. The molecule has 2 nitrogen and oxygen atoms in total. The van der Waals surface area contributed by atoms with E-state index in [0.29, 0.717) is 0 Å². The maximum absolute atomic E-state index is 9.03. The van der Waals surface area contributed by atoms with Gasteiger partial charge >= 0.3 is 0 Å². The first-order valence-electron chi connectivity index (χ1n) is 5.88. The molecule has 1 aliphatic rings. The first-order valence-corrected chi connectivity index (χ1v) is 6.26. The van der Waals surface area contributed by atoms with Crippen LogP contribution in [0.5, 0.6) is 0 Å². The lowest BCUT2D eigenvalue weighted by Gasteiger charge is -2.20. The van der Waals surface area contributed by atoms with E-state index in [4.69, 9.17) is 16.7 Å². The second-order valence-electron chi connectivity index (χ2n) is 4.45. The lowest BCUT2D eigenvalue weighted by molar-refractivity contribution is 0.282. The Morgan fingerprint density at radius 1 is 1.50 bits per heavy atom. The molecular weight excluding hydrogens is 222 g/mol. The third-order valence-electron chi connectivity index (χ3n) is 3.40. The van der Waals surface area contributed by atoms with Crippen molar-refractivity contribution < 1.29 is 5.11 Å². The molecular formula is C13H18ClNO. The molecule has 0 spiro atoms. The van der Waals surface area contributed by atoms with Crippen LogP contribution in [0.1, 0.15) is 25.3 Å². The lowest BCUT2D eigenvalue weighted by atomic mass is 10.1. The van der Waals surface area contributed by atoms with Gasteiger partial charge in [-0.15, -0.1) is 0 Å². The summed E-state index contributed by atoms with van der Waals surface area (Å²) in [5, 5.41) is 9.78. The van der Waals surface area contributed by atoms with Crippen LogP contribution in [0.15, 0.2) is 18.2 Å². The average molecular weight is 240 g/mol. The molecule has 1 aromatic carbocycles. The molecule has 0 aliphatic carbocycles. The summed E-state index contributed by atoms with van der Waals surface area (Å²) >= 11 is 6.23. The molecule has 1 fully saturated rings. The minimum atomic E-state index is 0.0532. The van der Waals surface area contributed by atoms with E-state index in [1.54, 1.807) is 0 Å². The Morgan fingerprint density at radius 2 is 2.31 bits per heavy atom. The Bertz CT molecular complexity index is 367. The number of hydrogen-bond donors (Lipinski definition) is 1. The summed E-state index contributed by atoms with van der Waals surface area (Å²) in [5.74, 6) is 0.800. The zero-order valence-electron chi connectivity index (χ0n) is 9.62. The van der Waals surface area contributed by atoms with E-state index in [0.717, 1.165) is 35.3 Å². The summed E-state index contributed by atoms with van der Waals surface area (Å²) in [6.45, 7) is 4.49. The molecule has 1 N–H and O–H groups in total. The van der Waals surface area contributed by atoms with Gasteiger partial charge in [-0.05, 0) is 30.0 Å². The highest BCUT2D eigenvalue weighted by Crippen LogP contribution is 2.31. The fraction of sp³-hybridized carbons (Fsp3) is 0.538. The second-order valence-corrected chi connectivity index (χ2v) is 4.86. The fourth-order valence-electron chi connectivity index (χ4n) is 2.29. The SMILES string of the molecule is CCC1CCN(c2ccc(CO)cc2Cl)C1. The normalized spacial score (nSPS) is 20.4. The molecule has 1 saturated heterocycles. The third kappa shape index (κ3) is 2.33. The van der Waals surface area contributed by atoms with Crippen molar-refractivity contribution in [1.82, 2.24) is 0 Å². The number of halogens is 1. The molecule has 1 unspecified atom stereocenters. The van der Waals surface area contributed by atoms with E-state index >= 15 is 0 Å². The van der Waals surface area contributed by atoms with E-state index in [1.165, 1.54) is 12.8 Å². The summed E-state index contributed by atoms with van der Waals surface area (Å²) in [6, 6.07) is 5.82. The van der Waals surface area contributed by atoms with Gasteiger partial charge in [-0.1, -0.05) is 31.0 Å². The highest BCUT2D eigenvalue weighted by molar-refractivity contribution is 6.33. The predicted molar refractivity (Wildman–Crippen MR) is 68.0 cm³/mol. The summed E-state index contributed by atoms with van der Waals surface area (Å²) in [4.78, 5) is 2.34. The van der Waals surface area contributed by atoms with Crippen molar-refractivity contribution in [3.05, 3.63) is 28.8 Å². The van der Waals surface area contributed by atoms with Gasteiger partial charge in [-0.2, -0.15) is 0 Å². The minimum Gasteiger partial charge on any atom is -0.392 e. The summed E-state index contributed by atoms with van der Waals surface area (Å²) < 4.78 is 0. The predicted octanol–water partition coefficient (Wildman–Crippen LogP) is 3.07. The minimum absolute atomic E-state index is 0.0532. The van der Waals surface area contributed by atoms with Gasteiger partial charge in [0.05, 0.1) is 17.3 Å². The summed E-state index contributed by atoms with van der Waals surface area (Å²) in [6.07, 6.45) is 2.50. The van der Waals surface area contributed by atoms with Crippen molar-refractivity contribution >= 4 is 17.3 Å². The van der Waals surface area contributed by atoms with Crippen molar-refractivity contribution in [1.29, 1.82) is 0 Å². The number of aliphatic hydroxyl groups is 1. The van der Waals surface area contributed by atoms with Gasteiger partial charge in [0.15, 0.2) is 0 Å². The Labute approximate surface area is 102 Å². The second kappa shape index (κ2) is 5.07. The van der Waals surface area contributed by atoms with Crippen LogP contribution in [-0.4, -0.2) is 18.2 Å². The van der Waals surface area contributed by atoms with Crippen LogP contribution < -0.4 is 4.90 Å². The monoisotopic (exact) mass is 239 g/mol. The number of nitrogens with zero attached hydrogens (tertiary/aromatic N) is 1. The van der Waals surface area contributed by atoms with Gasteiger partial charge in [0.1, 0.15) is 0 Å². The molecule has 1 heterocycles. The van der Waals surface area contributed by atoms with Gasteiger partial charge < -0.3 is 10.0 Å². The quantitative estimate of drug-likeness (QED) is 0.877. The highest BCUT2D eigenvalue weighted by atomic mass is 35.5. The molecule has 1 aromatic rings. The van der Waals surface area contributed by atoms with Crippen LogP contribution >= 0.6 is 11.6 Å². The summed E-state index contributed by atoms with van der Waals surface area (Å²) in [5.41, 5.74) is 1.98. The van der Waals surface area contributed by atoms with Gasteiger partial charge in [0.25, 0.3) is 0 Å². The van der Waals surface area contributed by atoms with E-state index in [2.05, 4.69) is 11.8 Å². The van der Waals surface area contributed by atoms with Crippen LogP contribution in [0.25, 0.3) is 0 Å². The van der Waals surface area contributed by atoms with Gasteiger partial charge in [-0.3, -0.25) is 0 Å². The number of rotatable bonds is 3. The van der Waals surface area contributed by atoms with Crippen molar-refractivity contribution in [2.75, 3.05) is 18.0 Å². The zero-order chi connectivity index (χ0) is 11.5. The molecule has 0 aromatic heterocycles. The van der Waals surface area contributed by atoms with Crippen LogP contribution in [-0.2, 0) is 6.61 Å². The lowest BCUT2D eigenvalue weighted by Crippen LogP contribution is -2.19. The smallest absolute Gasteiger partial charge is 0.0682 e. The zero-order valence-corrected chi connectivity index (χ0v) is 10.4. The molecule has 16 heavy (non-hydrogen) atoms. The average Bonchev–Trinajstić information content (AvgIpc) is 2.77. The number of aliphatic hydroxyl groups excluding tert-OH is 1. The van der Waals surface area contributed by atoms with Crippen molar-refractivity contribution in [3.8, 4) is 0 Å². The maximum atomic E-state index is 9.03. The first kappa shape index (κ1) is 11.7. The molecule has 0 bridgehead atoms. The number of anilines is 1. The van der Waals surface area contributed by atoms with Gasteiger partial charge in [0.2, 0.25) is 0 Å². The Kier molecular flexibility index (Phi) is 3.72. The van der Waals surface area contributed by atoms with Crippen molar-refractivity contribution in [2.24, 2.45) is 5.92 Å². The molecule has 0 radical (unpaired) electrons. The van der Waals surface area contributed by atoms with E-state index in [-0.39, 0.29) is 6.61 Å². The third-order valence-corrected chi connectivity index (χ3v) is 3.70. The maximum Gasteiger partial charge on any atom is 0.0682 e. The van der Waals surface area contributed by atoms with Crippen molar-refractivity contribution in [2.45, 2.75) is 26.4 Å². The Balaban J connectivity index is 2.15. The van der Waals surface area contributed by atoms with E-state index < -0.39 is 0 Å². The van der Waals surface area contributed by atoms with Crippen molar-refractivity contribution in [3.63, 3.8) is 0 Å². The molecule has 0 saturated carbocycles. The molecule has 1 atom stereocenters. The van der Waals surface area contributed by atoms with Crippen LogP contribution in [0.2, 0.25) is 5.02 Å². The van der Waals surface area contributed by atoms with Crippen LogP contribution in [0, 0.1) is 5.92 Å². The van der Waals surface area contributed by atoms with E-state index in [9.17, 15) is 0 Å². The van der Waals surface area contributed by atoms with Gasteiger partial charge in [0, 0.05) is 13.1 Å². The fourth-order valence-corrected chi connectivity index (χ4v) is 2.61. The topological polar surface area (TPSA) is 23.5 Å². The Morgan fingerprint density at radius 3 is 2.88 bits per heavy atom. The van der Waals surface area contributed by atoms with Crippen LogP contribution in [0.3, 0.4) is 0 Å². The summed E-state index contributed by atoms with van der Waals surface area (Å²) in [7, 11) is 0. The number of benzene rings is 1. The number of hydrogen-bond acceptors (Lipinski definition) is 2. The highest BCUT2D eigenvalue weighted by Gasteiger charge is 2.22. The molecule has 3 heteroatoms. The van der Waals surface area contributed by atoms with Gasteiger partial charge in [-0.25, -0.2) is 0 Å².